The number of aromatic carboxylic acids is 1. The molecule has 6 heteroatoms. The normalized spacial score (nSPS) is 22.3. The number of amides is 1. The van der Waals surface area contributed by atoms with Crippen LogP contribution in [-0.4, -0.2) is 84.5 Å². The summed E-state index contributed by atoms with van der Waals surface area (Å²) in [6, 6.07) is 7.11. The second-order valence-corrected chi connectivity index (χ2v) is 7.50. The van der Waals surface area contributed by atoms with Gasteiger partial charge in [-0.25, -0.2) is 4.79 Å². The van der Waals surface area contributed by atoms with Crippen LogP contribution >= 0.6 is 0 Å². The van der Waals surface area contributed by atoms with Gasteiger partial charge in [-0.2, -0.15) is 0 Å². The molecule has 1 aromatic carbocycles. The molecular formula is C20H29N3O3. The van der Waals surface area contributed by atoms with Gasteiger partial charge in [-0.1, -0.05) is 12.1 Å². The van der Waals surface area contributed by atoms with Crippen LogP contribution in [0.5, 0.6) is 0 Å². The monoisotopic (exact) mass is 359 g/mol. The molecule has 0 saturated carbocycles. The van der Waals surface area contributed by atoms with E-state index in [-0.39, 0.29) is 5.91 Å². The van der Waals surface area contributed by atoms with Crippen LogP contribution in [0.1, 0.15) is 41.1 Å². The predicted octanol–water partition coefficient (Wildman–Crippen LogP) is 1.73. The van der Waals surface area contributed by atoms with Crippen LogP contribution in [0.15, 0.2) is 24.3 Å². The zero-order valence-corrected chi connectivity index (χ0v) is 15.6. The van der Waals surface area contributed by atoms with Crippen molar-refractivity contribution in [3.8, 4) is 0 Å². The van der Waals surface area contributed by atoms with Crippen LogP contribution in [0.4, 0.5) is 0 Å². The second kappa shape index (κ2) is 8.64. The molecule has 142 valence electrons. The molecule has 3 rings (SSSR count). The number of likely N-dealkylation sites (tertiary alicyclic amines) is 1. The number of hydrogen-bond donors (Lipinski definition) is 1. The van der Waals surface area contributed by atoms with Gasteiger partial charge >= 0.3 is 5.97 Å². The summed E-state index contributed by atoms with van der Waals surface area (Å²) in [6.07, 6.45) is 2.65. The maximum absolute atomic E-state index is 12.6. The number of benzene rings is 1. The molecule has 26 heavy (non-hydrogen) atoms. The Hall–Kier alpha value is -1.92. The summed E-state index contributed by atoms with van der Waals surface area (Å²) in [7, 11) is 2.14. The average Bonchev–Trinajstić information content (AvgIpc) is 2.67. The van der Waals surface area contributed by atoms with E-state index in [1.807, 2.05) is 17.0 Å². The lowest BCUT2D eigenvalue weighted by Gasteiger charge is -2.35. The SMILES string of the molecule is CN1CCN(CCC(=O)N2CCC[C@H](c3ccc(C(=O)O)cc3)C2)CC1. The number of carbonyl (C=O) groups is 2. The van der Waals surface area contributed by atoms with Crippen LogP contribution in [0.3, 0.4) is 0 Å². The number of rotatable bonds is 5. The van der Waals surface area contributed by atoms with Crippen molar-refractivity contribution < 1.29 is 14.7 Å². The molecule has 1 aromatic rings. The summed E-state index contributed by atoms with van der Waals surface area (Å²) < 4.78 is 0. The fourth-order valence-electron chi connectivity index (χ4n) is 3.86. The van der Waals surface area contributed by atoms with Crippen LogP contribution in [0.25, 0.3) is 0 Å². The van der Waals surface area contributed by atoms with Crippen LogP contribution < -0.4 is 0 Å². The summed E-state index contributed by atoms with van der Waals surface area (Å²) in [5, 5.41) is 9.02. The lowest BCUT2D eigenvalue weighted by Crippen LogP contribution is -2.46. The number of carboxylic acids is 1. The average molecular weight is 359 g/mol. The minimum absolute atomic E-state index is 0.246. The molecular weight excluding hydrogens is 330 g/mol. The van der Waals surface area contributed by atoms with E-state index in [9.17, 15) is 9.59 Å². The smallest absolute Gasteiger partial charge is 0.335 e. The van der Waals surface area contributed by atoms with E-state index in [1.165, 1.54) is 0 Å². The fraction of sp³-hybridized carbons (Fsp3) is 0.600. The molecule has 6 nitrogen and oxygen atoms in total. The lowest BCUT2D eigenvalue weighted by molar-refractivity contribution is -0.132. The van der Waals surface area contributed by atoms with Crippen molar-refractivity contribution in [2.45, 2.75) is 25.2 Å². The maximum atomic E-state index is 12.6. The van der Waals surface area contributed by atoms with Crippen molar-refractivity contribution in [3.05, 3.63) is 35.4 Å². The summed E-state index contributed by atoms with van der Waals surface area (Å²) in [5.41, 5.74) is 1.44. The molecule has 2 aliphatic heterocycles. The molecule has 2 heterocycles. The highest BCUT2D eigenvalue weighted by atomic mass is 16.4. The van der Waals surface area contributed by atoms with Gasteiger partial charge in [0.1, 0.15) is 0 Å². The van der Waals surface area contributed by atoms with Crippen molar-refractivity contribution in [3.63, 3.8) is 0 Å². The molecule has 0 unspecified atom stereocenters. The Morgan fingerprint density at radius 3 is 2.42 bits per heavy atom. The zero-order chi connectivity index (χ0) is 18.5. The van der Waals surface area contributed by atoms with Crippen molar-refractivity contribution in [1.29, 1.82) is 0 Å². The number of carboxylic acid groups (broad SMARTS) is 1. The molecule has 0 radical (unpaired) electrons. The van der Waals surface area contributed by atoms with E-state index in [1.54, 1.807) is 12.1 Å². The topological polar surface area (TPSA) is 64.1 Å². The van der Waals surface area contributed by atoms with E-state index in [2.05, 4.69) is 16.8 Å². The van der Waals surface area contributed by atoms with E-state index in [0.717, 1.165) is 64.2 Å². The quantitative estimate of drug-likeness (QED) is 0.867. The highest BCUT2D eigenvalue weighted by molar-refractivity contribution is 5.87. The summed E-state index contributed by atoms with van der Waals surface area (Å²) in [6.45, 7) is 6.67. The van der Waals surface area contributed by atoms with Crippen LogP contribution in [0, 0.1) is 0 Å². The second-order valence-electron chi connectivity index (χ2n) is 7.50. The minimum atomic E-state index is -0.902. The van der Waals surface area contributed by atoms with Gasteiger partial charge in [0.15, 0.2) is 0 Å². The lowest BCUT2D eigenvalue weighted by atomic mass is 9.90. The summed E-state index contributed by atoms with van der Waals surface area (Å²) in [5.74, 6) is -0.351. The first-order valence-corrected chi connectivity index (χ1v) is 9.55. The van der Waals surface area contributed by atoms with Crippen LogP contribution in [0.2, 0.25) is 0 Å². The van der Waals surface area contributed by atoms with Gasteiger partial charge in [-0.3, -0.25) is 4.79 Å². The fourth-order valence-corrected chi connectivity index (χ4v) is 3.86. The van der Waals surface area contributed by atoms with Gasteiger partial charge in [0.25, 0.3) is 0 Å². The van der Waals surface area contributed by atoms with Crippen molar-refractivity contribution in [2.24, 2.45) is 0 Å². The van der Waals surface area contributed by atoms with Crippen molar-refractivity contribution >= 4 is 11.9 Å². The molecule has 0 bridgehead atoms. The molecule has 1 N–H and O–H groups in total. The van der Waals surface area contributed by atoms with Gasteiger partial charge in [-0.05, 0) is 37.6 Å². The molecule has 1 atom stereocenters. The number of hydrogen-bond acceptors (Lipinski definition) is 4. The Bertz CT molecular complexity index is 624. The maximum Gasteiger partial charge on any atom is 0.335 e. The van der Waals surface area contributed by atoms with Crippen LogP contribution in [-0.2, 0) is 4.79 Å². The number of nitrogens with zero attached hydrogens (tertiary/aromatic N) is 3. The van der Waals surface area contributed by atoms with Gasteiger partial charge in [0, 0.05) is 58.2 Å². The largest absolute Gasteiger partial charge is 0.478 e. The van der Waals surface area contributed by atoms with E-state index < -0.39 is 5.97 Å². The Morgan fingerprint density at radius 2 is 1.77 bits per heavy atom. The Kier molecular flexibility index (Phi) is 6.27. The molecule has 2 saturated heterocycles. The molecule has 0 spiro atoms. The molecule has 2 aliphatic rings. The third kappa shape index (κ3) is 4.83. The summed E-state index contributed by atoms with van der Waals surface area (Å²) >= 11 is 0. The van der Waals surface area contributed by atoms with Gasteiger partial charge in [-0.15, -0.1) is 0 Å². The van der Waals surface area contributed by atoms with E-state index in [4.69, 9.17) is 5.11 Å². The Labute approximate surface area is 155 Å². The Morgan fingerprint density at radius 1 is 1.08 bits per heavy atom. The predicted molar refractivity (Wildman–Crippen MR) is 101 cm³/mol. The molecule has 0 aliphatic carbocycles. The van der Waals surface area contributed by atoms with Gasteiger partial charge < -0.3 is 19.8 Å². The third-order valence-electron chi connectivity index (χ3n) is 5.64. The third-order valence-corrected chi connectivity index (χ3v) is 5.64. The number of piperazine rings is 1. The van der Waals surface area contributed by atoms with Gasteiger partial charge in [0.05, 0.1) is 5.56 Å². The van der Waals surface area contributed by atoms with Crippen molar-refractivity contribution in [2.75, 3.05) is 52.9 Å². The molecule has 2 fully saturated rings. The molecule has 1 amide bonds. The number of piperidine rings is 1. The zero-order valence-electron chi connectivity index (χ0n) is 15.6. The van der Waals surface area contributed by atoms with Crippen molar-refractivity contribution in [1.82, 2.24) is 14.7 Å². The standard InChI is InChI=1S/C20H29N3O3/c1-21-11-13-22(14-12-21)10-8-19(24)23-9-2-3-18(15-23)16-4-6-17(7-5-16)20(25)26/h4-7,18H,2-3,8-15H2,1H3,(H,25,26)/t18-/m0/s1. The highest BCUT2D eigenvalue weighted by Gasteiger charge is 2.25. The van der Waals surface area contributed by atoms with Gasteiger partial charge in [0.2, 0.25) is 5.91 Å². The minimum Gasteiger partial charge on any atom is -0.478 e. The highest BCUT2D eigenvalue weighted by Crippen LogP contribution is 2.27. The number of likely N-dealkylation sites (N-methyl/N-ethyl adjacent to an activating group) is 1. The number of carbonyl (C=O) groups excluding carboxylic acids is 1. The van der Waals surface area contributed by atoms with E-state index in [0.29, 0.717) is 17.9 Å². The first kappa shape index (κ1) is 18.9. The van der Waals surface area contributed by atoms with E-state index >= 15 is 0 Å². The molecule has 0 aromatic heterocycles. The Balaban J connectivity index is 1.51. The first-order valence-electron chi connectivity index (χ1n) is 9.55. The summed E-state index contributed by atoms with van der Waals surface area (Å²) in [4.78, 5) is 30.3. The first-order chi connectivity index (χ1) is 12.5.